The third kappa shape index (κ3) is 7.49. The van der Waals surface area contributed by atoms with Crippen molar-refractivity contribution in [3.63, 3.8) is 0 Å². The average molecular weight is 521 g/mol. The van der Waals surface area contributed by atoms with Gasteiger partial charge in [0.2, 0.25) is 5.69 Å². The normalized spacial score (nSPS) is 19.4. The Bertz CT molecular complexity index is 1190. The molecule has 37 heavy (non-hydrogen) atoms. The van der Waals surface area contributed by atoms with Crippen molar-refractivity contribution in [1.29, 1.82) is 0 Å². The summed E-state index contributed by atoms with van der Waals surface area (Å²) in [4.78, 5) is 39.5. The van der Waals surface area contributed by atoms with Crippen LogP contribution in [-0.2, 0) is 22.3 Å². The Hall–Kier alpha value is -4.00. The van der Waals surface area contributed by atoms with E-state index in [0.29, 0.717) is 12.8 Å². The van der Waals surface area contributed by atoms with Gasteiger partial charge in [0.25, 0.3) is 11.8 Å². The number of anilines is 1. The second kappa shape index (κ2) is 11.4. The molecule has 0 saturated carbocycles. The number of nitro groups is 1. The quantitative estimate of drug-likeness (QED) is 0.310. The van der Waals surface area contributed by atoms with Crippen LogP contribution in [-0.4, -0.2) is 33.4 Å². The molecule has 198 valence electrons. The van der Waals surface area contributed by atoms with Gasteiger partial charge in [-0.15, -0.1) is 0 Å². The van der Waals surface area contributed by atoms with Crippen molar-refractivity contribution >= 4 is 23.3 Å². The molecule has 1 atom stereocenters. The van der Waals surface area contributed by atoms with Crippen LogP contribution < -0.4 is 16.2 Å². The standard InChI is InChI=1S/C24H26F3N5O5/c1-23(2)12-8-4-7-11-18(37-14-15-9-5-3-6-10-15)21(33)30-31-22(34)19-17(32(35)36)13-16(24(25,26)27)20(28-19)29-23/h3-7,9-10,13,18H,8,11-12,14H2,1-2H3,(H,28,29)(H,30,33)(H,31,34)/b7-4+. The van der Waals surface area contributed by atoms with Crippen LogP contribution in [0.25, 0.3) is 0 Å². The maximum atomic E-state index is 13.7. The molecular weight excluding hydrogens is 495 g/mol. The zero-order chi connectivity index (χ0) is 27.2. The molecule has 3 rings (SSSR count). The highest BCUT2D eigenvalue weighted by atomic mass is 19.4. The smallest absolute Gasteiger partial charge is 0.365 e. The fraction of sp³-hybridized carbons (Fsp3) is 0.375. The summed E-state index contributed by atoms with van der Waals surface area (Å²) in [6, 6.07) is 9.32. The Morgan fingerprint density at radius 3 is 2.51 bits per heavy atom. The Morgan fingerprint density at radius 1 is 1.16 bits per heavy atom. The number of ether oxygens (including phenoxy) is 1. The minimum absolute atomic E-state index is 0.104. The summed E-state index contributed by atoms with van der Waals surface area (Å²) in [5, 5.41) is 14.2. The van der Waals surface area contributed by atoms with Gasteiger partial charge in [-0.1, -0.05) is 42.5 Å². The predicted octanol–water partition coefficient (Wildman–Crippen LogP) is 4.29. The van der Waals surface area contributed by atoms with E-state index in [0.717, 1.165) is 5.56 Å². The van der Waals surface area contributed by atoms with Gasteiger partial charge in [-0.2, -0.15) is 13.2 Å². The molecule has 1 aromatic heterocycles. The molecule has 2 amide bonds. The van der Waals surface area contributed by atoms with E-state index in [-0.39, 0.29) is 19.1 Å². The van der Waals surface area contributed by atoms with Gasteiger partial charge in [-0.3, -0.25) is 30.6 Å². The average Bonchev–Trinajstić information content (AvgIpc) is 2.82. The Labute approximate surface area is 210 Å². The zero-order valence-corrected chi connectivity index (χ0v) is 20.1. The third-order valence-electron chi connectivity index (χ3n) is 5.51. The van der Waals surface area contributed by atoms with E-state index in [1.54, 1.807) is 26.0 Å². The summed E-state index contributed by atoms with van der Waals surface area (Å²) in [7, 11) is 0. The van der Waals surface area contributed by atoms with E-state index in [9.17, 15) is 32.9 Å². The topological polar surface area (TPSA) is 135 Å². The Kier molecular flexibility index (Phi) is 8.48. The molecule has 0 fully saturated rings. The Morgan fingerprint density at radius 2 is 1.86 bits per heavy atom. The van der Waals surface area contributed by atoms with Gasteiger partial charge in [0.15, 0.2) is 0 Å². The van der Waals surface area contributed by atoms with E-state index >= 15 is 0 Å². The van der Waals surface area contributed by atoms with E-state index in [1.165, 1.54) is 0 Å². The predicted molar refractivity (Wildman–Crippen MR) is 127 cm³/mol. The number of fused-ring (bicyclic) bond motifs is 2. The van der Waals surface area contributed by atoms with Crippen molar-refractivity contribution in [1.82, 2.24) is 15.8 Å². The summed E-state index contributed by atoms with van der Waals surface area (Å²) >= 11 is 0. The number of aromatic nitrogens is 1. The fourth-order valence-electron chi connectivity index (χ4n) is 3.57. The minimum Gasteiger partial charge on any atom is -0.365 e. The van der Waals surface area contributed by atoms with Crippen LogP contribution in [0, 0.1) is 10.1 Å². The van der Waals surface area contributed by atoms with Gasteiger partial charge in [-0.25, -0.2) is 4.98 Å². The van der Waals surface area contributed by atoms with Crippen molar-refractivity contribution in [3.8, 4) is 0 Å². The lowest BCUT2D eigenvalue weighted by molar-refractivity contribution is -0.385. The van der Waals surface area contributed by atoms with Gasteiger partial charge in [0, 0.05) is 18.0 Å². The lowest BCUT2D eigenvalue weighted by Gasteiger charge is -2.28. The number of benzene rings is 1. The molecule has 0 saturated heterocycles. The highest BCUT2D eigenvalue weighted by Crippen LogP contribution is 2.38. The highest BCUT2D eigenvalue weighted by Gasteiger charge is 2.40. The summed E-state index contributed by atoms with van der Waals surface area (Å²) in [6.45, 7) is 3.38. The van der Waals surface area contributed by atoms with Gasteiger partial charge in [-0.05, 0) is 32.3 Å². The molecule has 1 aromatic carbocycles. The molecule has 2 aromatic rings. The molecule has 0 spiro atoms. The molecule has 13 heteroatoms. The van der Waals surface area contributed by atoms with Crippen molar-refractivity contribution in [2.75, 3.05) is 5.32 Å². The number of pyridine rings is 1. The third-order valence-corrected chi connectivity index (χ3v) is 5.51. The highest BCUT2D eigenvalue weighted by molar-refractivity contribution is 5.98. The number of rotatable bonds is 4. The van der Waals surface area contributed by atoms with Gasteiger partial charge >= 0.3 is 11.9 Å². The zero-order valence-electron chi connectivity index (χ0n) is 20.1. The summed E-state index contributed by atoms with van der Waals surface area (Å²) in [5.41, 5.74) is 0.548. The van der Waals surface area contributed by atoms with Gasteiger partial charge in [0.1, 0.15) is 17.5 Å². The summed E-state index contributed by atoms with van der Waals surface area (Å²) in [6.07, 6.45) is -1.60. The molecule has 2 heterocycles. The molecule has 1 aliphatic rings. The number of hydrogen-bond donors (Lipinski definition) is 3. The first-order chi connectivity index (χ1) is 17.4. The van der Waals surface area contributed by atoms with Crippen LogP contribution in [0.5, 0.6) is 0 Å². The van der Waals surface area contributed by atoms with Crippen LogP contribution >= 0.6 is 0 Å². The number of carbonyl (C=O) groups excluding carboxylic acids is 2. The lowest BCUT2D eigenvalue weighted by Crippen LogP contribution is -2.47. The number of allylic oxidation sites excluding steroid dienone is 1. The first kappa shape index (κ1) is 27.6. The van der Waals surface area contributed by atoms with Crippen molar-refractivity contribution in [2.24, 2.45) is 0 Å². The largest absolute Gasteiger partial charge is 0.420 e. The van der Waals surface area contributed by atoms with Crippen LogP contribution in [0.2, 0.25) is 0 Å². The molecule has 3 N–H and O–H groups in total. The molecule has 2 bridgehead atoms. The number of alkyl halides is 3. The second-order valence-electron chi connectivity index (χ2n) is 8.99. The maximum Gasteiger partial charge on any atom is 0.420 e. The lowest BCUT2D eigenvalue weighted by atomic mass is 9.97. The van der Waals surface area contributed by atoms with Crippen molar-refractivity contribution in [3.05, 3.63) is 75.5 Å². The van der Waals surface area contributed by atoms with Gasteiger partial charge in [0.05, 0.1) is 11.5 Å². The number of hydrogen-bond acceptors (Lipinski definition) is 7. The van der Waals surface area contributed by atoms with E-state index in [2.05, 4.69) is 15.7 Å². The Balaban J connectivity index is 1.96. The molecule has 0 aliphatic carbocycles. The summed E-state index contributed by atoms with van der Waals surface area (Å²) in [5.74, 6) is -2.75. The van der Waals surface area contributed by atoms with Crippen LogP contribution in [0.3, 0.4) is 0 Å². The number of amides is 2. The minimum atomic E-state index is -4.98. The summed E-state index contributed by atoms with van der Waals surface area (Å²) < 4.78 is 46.9. The van der Waals surface area contributed by atoms with Crippen molar-refractivity contribution in [2.45, 2.75) is 57.5 Å². The molecule has 1 unspecified atom stereocenters. The SMILES string of the molecule is CC1(C)CC/C=C/CC(OCc2ccccc2)C(=O)NNC(=O)c2nc(c(C(F)(F)F)cc2[N+](=O)[O-])N1. The molecule has 1 aliphatic heterocycles. The maximum absolute atomic E-state index is 13.7. The molecule has 10 nitrogen and oxygen atoms in total. The van der Waals surface area contributed by atoms with E-state index < -0.39 is 57.3 Å². The number of nitrogens with zero attached hydrogens (tertiary/aromatic N) is 2. The first-order valence-electron chi connectivity index (χ1n) is 11.3. The number of halogens is 3. The number of carbonyl (C=O) groups is 2. The van der Waals surface area contributed by atoms with Crippen LogP contribution in [0.15, 0.2) is 48.6 Å². The van der Waals surface area contributed by atoms with Crippen LogP contribution in [0.1, 0.15) is 54.7 Å². The van der Waals surface area contributed by atoms with E-state index in [1.807, 2.05) is 35.8 Å². The number of hydrazine groups is 1. The van der Waals surface area contributed by atoms with Gasteiger partial charge < -0.3 is 10.1 Å². The first-order valence-corrected chi connectivity index (χ1v) is 11.3. The molecule has 0 radical (unpaired) electrons. The fourth-order valence-corrected chi connectivity index (χ4v) is 3.57. The number of nitrogens with one attached hydrogen (secondary N) is 3. The monoisotopic (exact) mass is 521 g/mol. The van der Waals surface area contributed by atoms with E-state index in [4.69, 9.17) is 4.74 Å². The van der Waals surface area contributed by atoms with Crippen molar-refractivity contribution < 1.29 is 32.4 Å². The van der Waals surface area contributed by atoms with Crippen LogP contribution in [0.4, 0.5) is 24.7 Å². The molecular formula is C24H26F3N5O5. The second-order valence-corrected chi connectivity index (χ2v) is 8.99.